The van der Waals surface area contributed by atoms with Gasteiger partial charge in [-0.15, -0.1) is 0 Å². The van der Waals surface area contributed by atoms with E-state index in [2.05, 4.69) is 24.1 Å². The Bertz CT molecular complexity index is 525. The number of benzene rings is 1. The predicted molar refractivity (Wildman–Crippen MR) is 94.0 cm³/mol. The minimum Gasteiger partial charge on any atom is -0.381 e. The average Bonchev–Trinajstić information content (AvgIpc) is 2.52. The van der Waals surface area contributed by atoms with E-state index in [0.29, 0.717) is 0 Å². The van der Waals surface area contributed by atoms with Crippen molar-refractivity contribution in [3.63, 3.8) is 0 Å². The number of carbonyl (C=O) groups is 1. The third-order valence-electron chi connectivity index (χ3n) is 4.44. The van der Waals surface area contributed by atoms with E-state index < -0.39 is 0 Å². The number of nitrogens with zero attached hydrogens (tertiary/aromatic N) is 2. The number of anilines is 1. The maximum Gasteiger partial charge on any atom is 0.322 e. The van der Waals surface area contributed by atoms with E-state index in [1.807, 2.05) is 37.2 Å². The van der Waals surface area contributed by atoms with Crippen LogP contribution < -0.4 is 5.32 Å². The minimum atomic E-state index is -0.0120. The maximum absolute atomic E-state index is 12.8. The zero-order chi connectivity index (χ0) is 16.8. The molecule has 128 valence electrons. The van der Waals surface area contributed by atoms with Gasteiger partial charge in [-0.25, -0.2) is 4.79 Å². The van der Waals surface area contributed by atoms with Crippen molar-refractivity contribution in [3.05, 3.63) is 29.3 Å². The summed E-state index contributed by atoms with van der Waals surface area (Å²) >= 11 is 0. The zero-order valence-corrected chi connectivity index (χ0v) is 14.8. The number of urea groups is 1. The third-order valence-corrected chi connectivity index (χ3v) is 4.44. The maximum atomic E-state index is 12.8. The third kappa shape index (κ3) is 5.22. The number of likely N-dealkylation sites (N-methyl/N-ethyl adjacent to an activating group) is 1. The molecular formula is C18H29N3O2. The normalized spacial score (nSPS) is 15.7. The van der Waals surface area contributed by atoms with Crippen molar-refractivity contribution in [2.24, 2.45) is 0 Å². The summed E-state index contributed by atoms with van der Waals surface area (Å²) in [6.45, 7) is 7.20. The molecule has 0 aromatic heterocycles. The first-order valence-corrected chi connectivity index (χ1v) is 8.34. The molecule has 1 aliphatic heterocycles. The quantitative estimate of drug-likeness (QED) is 0.907. The highest BCUT2D eigenvalue weighted by atomic mass is 16.5. The van der Waals surface area contributed by atoms with Gasteiger partial charge in [-0.3, -0.25) is 0 Å². The van der Waals surface area contributed by atoms with Crippen LogP contribution in [0.3, 0.4) is 0 Å². The first-order chi connectivity index (χ1) is 11.0. The van der Waals surface area contributed by atoms with Gasteiger partial charge < -0.3 is 19.9 Å². The van der Waals surface area contributed by atoms with Gasteiger partial charge >= 0.3 is 6.03 Å². The molecule has 1 aliphatic rings. The molecule has 1 aromatic carbocycles. The molecule has 23 heavy (non-hydrogen) atoms. The Hall–Kier alpha value is -1.59. The lowest BCUT2D eigenvalue weighted by molar-refractivity contribution is 0.0466. The van der Waals surface area contributed by atoms with E-state index in [4.69, 9.17) is 4.74 Å². The van der Waals surface area contributed by atoms with Crippen LogP contribution in [0.25, 0.3) is 0 Å². The number of carbonyl (C=O) groups excluding carboxylic acids is 1. The van der Waals surface area contributed by atoms with Crippen LogP contribution >= 0.6 is 0 Å². The fourth-order valence-electron chi connectivity index (χ4n) is 2.77. The molecule has 2 rings (SSSR count). The van der Waals surface area contributed by atoms with Gasteiger partial charge in [-0.05, 0) is 64.0 Å². The molecule has 2 amide bonds. The Morgan fingerprint density at radius 1 is 1.17 bits per heavy atom. The predicted octanol–water partition coefficient (Wildman–Crippen LogP) is 2.88. The average molecular weight is 319 g/mol. The first kappa shape index (κ1) is 17.8. The minimum absolute atomic E-state index is 0.0120. The van der Waals surface area contributed by atoms with Gasteiger partial charge in [0.05, 0.1) is 0 Å². The lowest BCUT2D eigenvalue weighted by atomic mass is 10.1. The Labute approximate surface area is 139 Å². The Morgan fingerprint density at radius 3 is 2.48 bits per heavy atom. The van der Waals surface area contributed by atoms with Crippen LogP contribution in [-0.2, 0) is 4.74 Å². The van der Waals surface area contributed by atoms with Crippen LogP contribution in [0.4, 0.5) is 10.5 Å². The Kier molecular flexibility index (Phi) is 6.42. The fourth-order valence-corrected chi connectivity index (χ4v) is 2.77. The second-order valence-corrected chi connectivity index (χ2v) is 6.57. The molecule has 1 fully saturated rings. The lowest BCUT2D eigenvalue weighted by Gasteiger charge is -2.35. The van der Waals surface area contributed by atoms with E-state index in [0.717, 1.165) is 44.8 Å². The van der Waals surface area contributed by atoms with Crippen LogP contribution in [0.5, 0.6) is 0 Å². The molecule has 0 radical (unpaired) electrons. The van der Waals surface area contributed by atoms with Crippen molar-refractivity contribution in [1.29, 1.82) is 0 Å². The standard InChI is InChI=1S/C18H29N3O2/c1-14-5-6-16(13-15(14)2)19-18(22)21(10-9-20(3)4)17-7-11-23-12-8-17/h5-6,13,17H,7-12H2,1-4H3,(H,19,22). The summed E-state index contributed by atoms with van der Waals surface area (Å²) in [5.74, 6) is 0. The fraction of sp³-hybridized carbons (Fsp3) is 0.611. The van der Waals surface area contributed by atoms with Gasteiger partial charge in [0.2, 0.25) is 0 Å². The van der Waals surface area contributed by atoms with Crippen LogP contribution in [0.15, 0.2) is 18.2 Å². The van der Waals surface area contributed by atoms with Gasteiger partial charge in [0.15, 0.2) is 0 Å². The van der Waals surface area contributed by atoms with E-state index in [1.54, 1.807) is 0 Å². The van der Waals surface area contributed by atoms with Crippen LogP contribution in [-0.4, -0.2) is 62.3 Å². The summed E-state index contributed by atoms with van der Waals surface area (Å²) in [4.78, 5) is 16.9. The van der Waals surface area contributed by atoms with Crippen molar-refractivity contribution in [2.75, 3.05) is 45.7 Å². The zero-order valence-electron chi connectivity index (χ0n) is 14.8. The van der Waals surface area contributed by atoms with Gasteiger partial charge in [0, 0.05) is 38.0 Å². The summed E-state index contributed by atoms with van der Waals surface area (Å²) in [5.41, 5.74) is 3.28. The lowest BCUT2D eigenvalue weighted by Crippen LogP contribution is -2.48. The molecule has 0 spiro atoms. The molecule has 0 atom stereocenters. The Balaban J connectivity index is 2.06. The smallest absolute Gasteiger partial charge is 0.322 e. The molecule has 5 nitrogen and oxygen atoms in total. The van der Waals surface area contributed by atoms with Crippen LogP contribution in [0, 0.1) is 13.8 Å². The summed E-state index contributed by atoms with van der Waals surface area (Å²) in [6.07, 6.45) is 1.82. The number of nitrogens with one attached hydrogen (secondary N) is 1. The molecule has 0 bridgehead atoms. The molecule has 0 saturated carbocycles. The van der Waals surface area contributed by atoms with E-state index in [-0.39, 0.29) is 12.1 Å². The molecule has 5 heteroatoms. The molecule has 1 saturated heterocycles. The van der Waals surface area contributed by atoms with Crippen molar-refractivity contribution < 1.29 is 9.53 Å². The summed E-state index contributed by atoms with van der Waals surface area (Å²) in [5, 5.41) is 3.06. The van der Waals surface area contributed by atoms with Crippen molar-refractivity contribution >= 4 is 11.7 Å². The molecular weight excluding hydrogens is 290 g/mol. The highest BCUT2D eigenvalue weighted by molar-refractivity contribution is 5.89. The summed E-state index contributed by atoms with van der Waals surface area (Å²) in [7, 11) is 4.06. The van der Waals surface area contributed by atoms with E-state index >= 15 is 0 Å². The topological polar surface area (TPSA) is 44.8 Å². The Morgan fingerprint density at radius 2 is 1.87 bits per heavy atom. The molecule has 0 unspecified atom stereocenters. The molecule has 1 heterocycles. The second kappa shape index (κ2) is 8.31. The van der Waals surface area contributed by atoms with Crippen molar-refractivity contribution in [3.8, 4) is 0 Å². The van der Waals surface area contributed by atoms with E-state index in [1.165, 1.54) is 11.1 Å². The largest absolute Gasteiger partial charge is 0.381 e. The van der Waals surface area contributed by atoms with Crippen molar-refractivity contribution in [1.82, 2.24) is 9.80 Å². The monoisotopic (exact) mass is 319 g/mol. The number of rotatable bonds is 5. The number of ether oxygens (including phenoxy) is 1. The number of amides is 2. The second-order valence-electron chi connectivity index (χ2n) is 6.57. The van der Waals surface area contributed by atoms with Crippen LogP contribution in [0.2, 0.25) is 0 Å². The van der Waals surface area contributed by atoms with Gasteiger partial charge in [-0.2, -0.15) is 0 Å². The number of aryl methyl sites for hydroxylation is 2. The van der Waals surface area contributed by atoms with Gasteiger partial charge in [0.25, 0.3) is 0 Å². The molecule has 1 aromatic rings. The van der Waals surface area contributed by atoms with Gasteiger partial charge in [-0.1, -0.05) is 6.07 Å². The molecule has 1 N–H and O–H groups in total. The number of hydrogen-bond donors (Lipinski definition) is 1. The first-order valence-electron chi connectivity index (χ1n) is 8.34. The summed E-state index contributed by atoms with van der Waals surface area (Å²) in [6, 6.07) is 6.29. The number of hydrogen-bond acceptors (Lipinski definition) is 3. The highest BCUT2D eigenvalue weighted by Crippen LogP contribution is 2.18. The van der Waals surface area contributed by atoms with Crippen LogP contribution in [0.1, 0.15) is 24.0 Å². The summed E-state index contributed by atoms with van der Waals surface area (Å²) < 4.78 is 5.43. The van der Waals surface area contributed by atoms with E-state index in [9.17, 15) is 4.79 Å². The molecule has 0 aliphatic carbocycles. The van der Waals surface area contributed by atoms with Gasteiger partial charge in [0.1, 0.15) is 0 Å². The highest BCUT2D eigenvalue weighted by Gasteiger charge is 2.25. The van der Waals surface area contributed by atoms with Crippen molar-refractivity contribution in [2.45, 2.75) is 32.7 Å². The SMILES string of the molecule is Cc1ccc(NC(=O)N(CCN(C)C)C2CCOCC2)cc1C.